The van der Waals surface area contributed by atoms with E-state index in [-0.39, 0.29) is 0 Å². The topological polar surface area (TPSA) is 30.7 Å². The smallest absolute Gasteiger partial charge is 0.181 e. The van der Waals surface area contributed by atoms with Crippen LogP contribution >= 0.6 is 0 Å². The Morgan fingerprint density at radius 3 is 2.77 bits per heavy atom. The van der Waals surface area contributed by atoms with Crippen molar-refractivity contribution >= 4 is 11.0 Å². The molecule has 0 bridgehead atoms. The van der Waals surface area contributed by atoms with Gasteiger partial charge in [-0.1, -0.05) is 44.0 Å². The van der Waals surface area contributed by atoms with Crippen molar-refractivity contribution in [1.82, 2.24) is 14.8 Å². The minimum atomic E-state index is 0.799. The first kappa shape index (κ1) is 13.5. The lowest BCUT2D eigenvalue weighted by Gasteiger charge is -2.04. The highest BCUT2D eigenvalue weighted by Crippen LogP contribution is 2.50. The van der Waals surface area contributed by atoms with Gasteiger partial charge >= 0.3 is 0 Å². The lowest BCUT2D eigenvalue weighted by molar-refractivity contribution is 0.687. The number of pyridine rings is 1. The molecule has 0 amide bonds. The van der Waals surface area contributed by atoms with Crippen molar-refractivity contribution in [3.05, 3.63) is 48.3 Å². The summed E-state index contributed by atoms with van der Waals surface area (Å²) in [4.78, 5) is 4.45. The van der Waals surface area contributed by atoms with Crippen molar-refractivity contribution in [3.8, 4) is 11.1 Å². The van der Waals surface area contributed by atoms with E-state index in [2.05, 4.69) is 47.3 Å². The van der Waals surface area contributed by atoms with Crippen molar-refractivity contribution in [3.63, 3.8) is 0 Å². The van der Waals surface area contributed by atoms with Gasteiger partial charge in [0.25, 0.3) is 0 Å². The SMILES string of the molecule is CCCC1CC1c1ccc(-c2cnc3nn(C)cc3c2)cc1. The molecule has 0 N–H and O–H groups in total. The van der Waals surface area contributed by atoms with Gasteiger partial charge in [0, 0.05) is 30.4 Å². The minimum Gasteiger partial charge on any atom is -0.273 e. The van der Waals surface area contributed by atoms with Gasteiger partial charge in [0.05, 0.1) is 0 Å². The van der Waals surface area contributed by atoms with Crippen molar-refractivity contribution in [2.45, 2.75) is 32.1 Å². The fraction of sp³-hybridized carbons (Fsp3) is 0.368. The molecule has 1 saturated carbocycles. The summed E-state index contributed by atoms with van der Waals surface area (Å²) in [6.07, 6.45) is 7.97. The number of fused-ring (bicyclic) bond motifs is 1. The van der Waals surface area contributed by atoms with E-state index in [0.717, 1.165) is 28.4 Å². The number of hydrogen-bond acceptors (Lipinski definition) is 2. The zero-order chi connectivity index (χ0) is 15.1. The quantitative estimate of drug-likeness (QED) is 0.706. The van der Waals surface area contributed by atoms with Crippen LogP contribution in [-0.2, 0) is 7.05 Å². The highest BCUT2D eigenvalue weighted by Gasteiger charge is 2.36. The maximum absolute atomic E-state index is 4.45. The summed E-state index contributed by atoms with van der Waals surface area (Å²) in [6, 6.07) is 11.2. The number of benzene rings is 1. The van der Waals surface area contributed by atoms with Gasteiger partial charge in [-0.2, -0.15) is 5.10 Å². The fourth-order valence-corrected chi connectivity index (χ4v) is 3.46. The molecule has 3 aromatic rings. The average Bonchev–Trinajstić information content (AvgIpc) is 3.19. The first-order valence-corrected chi connectivity index (χ1v) is 8.14. The zero-order valence-corrected chi connectivity index (χ0v) is 13.2. The van der Waals surface area contributed by atoms with Crippen LogP contribution in [0.4, 0.5) is 0 Å². The second-order valence-electron chi connectivity index (χ2n) is 6.45. The Kier molecular flexibility index (Phi) is 3.21. The molecule has 4 rings (SSSR count). The largest absolute Gasteiger partial charge is 0.273 e. The van der Waals surface area contributed by atoms with Gasteiger partial charge in [-0.25, -0.2) is 4.98 Å². The summed E-state index contributed by atoms with van der Waals surface area (Å²) >= 11 is 0. The van der Waals surface area contributed by atoms with Gasteiger partial charge in [-0.15, -0.1) is 0 Å². The first-order chi connectivity index (χ1) is 10.7. The molecule has 2 aromatic heterocycles. The van der Waals surface area contributed by atoms with E-state index in [0.29, 0.717) is 0 Å². The lowest BCUT2D eigenvalue weighted by Crippen LogP contribution is -1.86. The van der Waals surface area contributed by atoms with E-state index < -0.39 is 0 Å². The van der Waals surface area contributed by atoms with Gasteiger partial charge in [-0.05, 0) is 35.4 Å². The summed E-state index contributed by atoms with van der Waals surface area (Å²) in [5.74, 6) is 1.72. The predicted molar refractivity (Wildman–Crippen MR) is 89.7 cm³/mol. The monoisotopic (exact) mass is 291 g/mol. The van der Waals surface area contributed by atoms with E-state index in [1.807, 2.05) is 24.1 Å². The third-order valence-corrected chi connectivity index (χ3v) is 4.73. The third-order valence-electron chi connectivity index (χ3n) is 4.73. The van der Waals surface area contributed by atoms with Crippen molar-refractivity contribution in [1.29, 1.82) is 0 Å². The van der Waals surface area contributed by atoms with Gasteiger partial charge in [0.1, 0.15) is 0 Å². The van der Waals surface area contributed by atoms with Crippen LogP contribution in [0.5, 0.6) is 0 Å². The average molecular weight is 291 g/mol. The number of rotatable bonds is 4. The predicted octanol–water partition coefficient (Wildman–Crippen LogP) is 4.54. The Morgan fingerprint density at radius 2 is 2.00 bits per heavy atom. The highest BCUT2D eigenvalue weighted by atomic mass is 15.3. The molecule has 3 nitrogen and oxygen atoms in total. The number of nitrogens with zero attached hydrogens (tertiary/aromatic N) is 3. The molecule has 1 aromatic carbocycles. The maximum atomic E-state index is 4.45. The Bertz CT molecular complexity index is 801. The molecular weight excluding hydrogens is 270 g/mol. The molecule has 1 aliphatic carbocycles. The molecule has 0 saturated heterocycles. The standard InChI is InChI=1S/C19H21N3/c1-3-4-15-10-18(15)14-7-5-13(6-8-14)16-9-17-12-22(2)21-19(17)20-11-16/h5-9,11-12,15,18H,3-4,10H2,1-2H3. The van der Waals surface area contributed by atoms with Crippen LogP contribution in [0, 0.1) is 5.92 Å². The van der Waals surface area contributed by atoms with Crippen molar-refractivity contribution < 1.29 is 0 Å². The normalized spacial score (nSPS) is 20.5. The van der Waals surface area contributed by atoms with Crippen molar-refractivity contribution in [2.24, 2.45) is 13.0 Å². The van der Waals surface area contributed by atoms with Crippen LogP contribution in [0.15, 0.2) is 42.7 Å². The molecule has 2 unspecified atom stereocenters. The third kappa shape index (κ3) is 2.41. The molecule has 3 heteroatoms. The molecule has 22 heavy (non-hydrogen) atoms. The zero-order valence-electron chi connectivity index (χ0n) is 13.2. The van der Waals surface area contributed by atoms with E-state index in [1.165, 1.54) is 30.4 Å². The van der Waals surface area contributed by atoms with Crippen molar-refractivity contribution in [2.75, 3.05) is 0 Å². The number of aryl methyl sites for hydroxylation is 1. The van der Waals surface area contributed by atoms with Crippen LogP contribution in [0.2, 0.25) is 0 Å². The Morgan fingerprint density at radius 1 is 1.18 bits per heavy atom. The number of hydrogen-bond donors (Lipinski definition) is 0. The van der Waals surface area contributed by atoms with Crippen LogP contribution in [-0.4, -0.2) is 14.8 Å². The molecule has 112 valence electrons. The van der Waals surface area contributed by atoms with Gasteiger partial charge in [0.2, 0.25) is 0 Å². The molecule has 2 atom stereocenters. The Hall–Kier alpha value is -2.16. The summed E-state index contributed by atoms with van der Waals surface area (Å²) < 4.78 is 1.81. The highest BCUT2D eigenvalue weighted by molar-refractivity contribution is 5.80. The van der Waals surface area contributed by atoms with Crippen LogP contribution in [0.25, 0.3) is 22.2 Å². The van der Waals surface area contributed by atoms with Crippen LogP contribution in [0.3, 0.4) is 0 Å². The Labute approximate surface area is 131 Å². The summed E-state index contributed by atoms with van der Waals surface area (Å²) in [5.41, 5.74) is 4.70. The van der Waals surface area contributed by atoms with E-state index in [4.69, 9.17) is 0 Å². The fourth-order valence-electron chi connectivity index (χ4n) is 3.46. The molecule has 1 fully saturated rings. The first-order valence-electron chi connectivity index (χ1n) is 8.14. The maximum Gasteiger partial charge on any atom is 0.181 e. The van der Waals surface area contributed by atoms with E-state index in [1.54, 1.807) is 0 Å². The lowest BCUT2D eigenvalue weighted by atomic mass is 10.0. The Balaban J connectivity index is 1.59. The summed E-state index contributed by atoms with van der Waals surface area (Å²) in [7, 11) is 1.93. The number of aromatic nitrogens is 3. The van der Waals surface area contributed by atoms with Gasteiger partial charge in [0.15, 0.2) is 5.65 Å². The summed E-state index contributed by atoms with van der Waals surface area (Å²) in [5, 5.41) is 5.42. The van der Waals surface area contributed by atoms with E-state index >= 15 is 0 Å². The van der Waals surface area contributed by atoms with E-state index in [9.17, 15) is 0 Å². The molecule has 0 spiro atoms. The molecule has 0 radical (unpaired) electrons. The van der Waals surface area contributed by atoms with Crippen LogP contribution < -0.4 is 0 Å². The molecule has 2 heterocycles. The second kappa shape index (κ2) is 5.24. The molecule has 1 aliphatic rings. The minimum absolute atomic E-state index is 0.799. The van der Waals surface area contributed by atoms with Gasteiger partial charge in [-0.3, -0.25) is 4.68 Å². The molecular formula is C19H21N3. The van der Waals surface area contributed by atoms with Crippen LogP contribution in [0.1, 0.15) is 37.7 Å². The summed E-state index contributed by atoms with van der Waals surface area (Å²) in [6.45, 7) is 2.28. The second-order valence-corrected chi connectivity index (χ2v) is 6.45. The molecule has 0 aliphatic heterocycles. The van der Waals surface area contributed by atoms with Gasteiger partial charge < -0.3 is 0 Å².